The van der Waals surface area contributed by atoms with Crippen LogP contribution in [0, 0.1) is 11.3 Å². The topological polar surface area (TPSA) is 67.8 Å². The summed E-state index contributed by atoms with van der Waals surface area (Å²) in [6.07, 6.45) is 9.46. The Bertz CT molecular complexity index is 665. The van der Waals surface area contributed by atoms with Crippen LogP contribution in [0.2, 0.25) is 0 Å². The molecular formula is C23H38N4O2. The molecule has 0 radical (unpaired) electrons. The number of nitrogens with zero attached hydrogens (tertiary/aromatic N) is 2. The van der Waals surface area contributed by atoms with Gasteiger partial charge in [-0.05, 0) is 50.0 Å². The molecule has 2 N–H and O–H groups in total. The lowest BCUT2D eigenvalue weighted by Gasteiger charge is -2.40. The number of pyridine rings is 1. The van der Waals surface area contributed by atoms with Crippen LogP contribution in [-0.4, -0.2) is 43.4 Å². The number of aromatic nitrogens is 1. The Labute approximate surface area is 175 Å². The highest BCUT2D eigenvalue weighted by atomic mass is 16.5. The van der Waals surface area contributed by atoms with Crippen LogP contribution < -0.4 is 15.4 Å². The molecule has 2 heterocycles. The number of guanidine groups is 1. The van der Waals surface area contributed by atoms with E-state index in [1.54, 1.807) is 6.20 Å². The van der Waals surface area contributed by atoms with E-state index in [-0.39, 0.29) is 11.5 Å². The van der Waals surface area contributed by atoms with Crippen molar-refractivity contribution in [3.8, 4) is 5.88 Å². The van der Waals surface area contributed by atoms with Crippen molar-refractivity contribution in [3.63, 3.8) is 0 Å². The van der Waals surface area contributed by atoms with Gasteiger partial charge in [-0.1, -0.05) is 26.8 Å². The lowest BCUT2D eigenvalue weighted by Crippen LogP contribution is -2.47. The summed E-state index contributed by atoms with van der Waals surface area (Å²) in [7, 11) is 1.81. The van der Waals surface area contributed by atoms with Gasteiger partial charge in [0.15, 0.2) is 5.96 Å². The van der Waals surface area contributed by atoms with Gasteiger partial charge in [-0.2, -0.15) is 0 Å². The molecule has 0 aromatic carbocycles. The monoisotopic (exact) mass is 402 g/mol. The Balaban J connectivity index is 1.53. The van der Waals surface area contributed by atoms with Crippen molar-refractivity contribution in [2.45, 2.75) is 78.0 Å². The molecule has 2 aliphatic rings. The van der Waals surface area contributed by atoms with Gasteiger partial charge < -0.3 is 20.1 Å². The fourth-order valence-corrected chi connectivity index (χ4v) is 4.47. The van der Waals surface area contributed by atoms with Crippen LogP contribution >= 0.6 is 0 Å². The van der Waals surface area contributed by atoms with Crippen molar-refractivity contribution in [1.82, 2.24) is 15.6 Å². The van der Waals surface area contributed by atoms with E-state index < -0.39 is 0 Å². The minimum atomic E-state index is 0.145. The third-order valence-electron chi connectivity index (χ3n) is 5.93. The van der Waals surface area contributed by atoms with Crippen molar-refractivity contribution in [2.75, 3.05) is 20.2 Å². The first-order valence-corrected chi connectivity index (χ1v) is 11.1. The number of hydrogen-bond donors (Lipinski definition) is 2. The highest BCUT2D eigenvalue weighted by Gasteiger charge is 2.35. The summed E-state index contributed by atoms with van der Waals surface area (Å²) >= 11 is 0. The third-order valence-corrected chi connectivity index (χ3v) is 5.93. The number of hydrogen-bond acceptors (Lipinski definition) is 4. The standard InChI is InChI=1S/C23H38N4O2/c1-23(2,3)20-17(10-8-14-28-20)15-26-22(24-4)27-16-18-9-7-13-25-21(18)29-19-11-5-6-12-19/h7,9,13,17,19-20H,5-6,8,10-12,14-16H2,1-4H3,(H2,24,26,27). The fourth-order valence-electron chi connectivity index (χ4n) is 4.47. The van der Waals surface area contributed by atoms with Crippen LogP contribution in [0.25, 0.3) is 0 Å². The van der Waals surface area contributed by atoms with Gasteiger partial charge in [-0.25, -0.2) is 4.98 Å². The molecule has 1 saturated carbocycles. The quantitative estimate of drug-likeness (QED) is 0.558. The maximum Gasteiger partial charge on any atom is 0.218 e. The molecule has 0 bridgehead atoms. The minimum absolute atomic E-state index is 0.145. The van der Waals surface area contributed by atoms with E-state index in [0.29, 0.717) is 18.6 Å². The van der Waals surface area contributed by atoms with Crippen molar-refractivity contribution in [3.05, 3.63) is 23.9 Å². The van der Waals surface area contributed by atoms with Crippen LogP contribution in [0.15, 0.2) is 23.3 Å². The zero-order valence-electron chi connectivity index (χ0n) is 18.5. The van der Waals surface area contributed by atoms with E-state index >= 15 is 0 Å². The maximum absolute atomic E-state index is 6.15. The van der Waals surface area contributed by atoms with E-state index in [4.69, 9.17) is 9.47 Å². The van der Waals surface area contributed by atoms with Crippen LogP contribution in [-0.2, 0) is 11.3 Å². The molecule has 6 nitrogen and oxygen atoms in total. The van der Waals surface area contributed by atoms with Gasteiger partial charge >= 0.3 is 0 Å². The zero-order chi connectivity index (χ0) is 20.7. The average molecular weight is 403 g/mol. The van der Waals surface area contributed by atoms with Crippen LogP contribution in [0.3, 0.4) is 0 Å². The van der Waals surface area contributed by atoms with Gasteiger partial charge in [0.1, 0.15) is 6.10 Å². The molecule has 2 unspecified atom stereocenters. The number of ether oxygens (including phenoxy) is 2. The summed E-state index contributed by atoms with van der Waals surface area (Å²) < 4.78 is 12.3. The molecule has 162 valence electrons. The molecule has 1 aliphatic heterocycles. The van der Waals surface area contributed by atoms with E-state index in [1.165, 1.54) is 19.3 Å². The second kappa shape index (κ2) is 10.3. The summed E-state index contributed by atoms with van der Waals surface area (Å²) in [4.78, 5) is 8.86. The van der Waals surface area contributed by atoms with E-state index in [1.807, 2.05) is 13.1 Å². The van der Waals surface area contributed by atoms with Gasteiger partial charge in [0.25, 0.3) is 0 Å². The van der Waals surface area contributed by atoms with E-state index in [2.05, 4.69) is 47.4 Å². The molecule has 0 amide bonds. The van der Waals surface area contributed by atoms with Crippen molar-refractivity contribution >= 4 is 5.96 Å². The van der Waals surface area contributed by atoms with Crippen LogP contribution in [0.1, 0.15) is 64.9 Å². The molecule has 6 heteroatoms. The normalized spacial score (nSPS) is 23.8. The first kappa shape index (κ1) is 21.9. The lowest BCUT2D eigenvalue weighted by molar-refractivity contribution is -0.0835. The average Bonchev–Trinajstić information content (AvgIpc) is 3.22. The SMILES string of the molecule is CN=C(NCc1cccnc1OC1CCCC1)NCC1CCCOC1C(C)(C)C. The molecule has 1 aromatic heterocycles. The van der Waals surface area contributed by atoms with Gasteiger partial charge in [0.2, 0.25) is 5.88 Å². The highest BCUT2D eigenvalue weighted by Crippen LogP contribution is 2.33. The minimum Gasteiger partial charge on any atom is -0.474 e. The molecule has 2 atom stereocenters. The zero-order valence-corrected chi connectivity index (χ0v) is 18.5. The Hall–Kier alpha value is -1.82. The summed E-state index contributed by atoms with van der Waals surface area (Å²) in [5, 5.41) is 6.92. The Morgan fingerprint density at radius 2 is 2.00 bits per heavy atom. The summed E-state index contributed by atoms with van der Waals surface area (Å²) in [6, 6.07) is 4.03. The molecule has 2 fully saturated rings. The van der Waals surface area contributed by atoms with Gasteiger partial charge in [0, 0.05) is 44.4 Å². The second-order valence-corrected chi connectivity index (χ2v) is 9.36. The first-order valence-electron chi connectivity index (χ1n) is 11.1. The summed E-state index contributed by atoms with van der Waals surface area (Å²) in [5.41, 5.74) is 1.21. The summed E-state index contributed by atoms with van der Waals surface area (Å²) in [6.45, 7) is 9.15. The number of rotatable bonds is 6. The summed E-state index contributed by atoms with van der Waals surface area (Å²) in [5.74, 6) is 2.04. The maximum atomic E-state index is 6.15. The highest BCUT2D eigenvalue weighted by molar-refractivity contribution is 5.79. The molecule has 1 saturated heterocycles. The number of aliphatic imine (C=N–C) groups is 1. The van der Waals surface area contributed by atoms with Crippen molar-refractivity contribution in [2.24, 2.45) is 16.3 Å². The Morgan fingerprint density at radius 3 is 2.72 bits per heavy atom. The molecule has 1 aliphatic carbocycles. The van der Waals surface area contributed by atoms with Gasteiger partial charge in [0.05, 0.1) is 6.10 Å². The molecule has 1 aromatic rings. The van der Waals surface area contributed by atoms with E-state index in [9.17, 15) is 0 Å². The van der Waals surface area contributed by atoms with Gasteiger partial charge in [-0.15, -0.1) is 0 Å². The number of nitrogens with one attached hydrogen (secondary N) is 2. The third kappa shape index (κ3) is 6.33. The van der Waals surface area contributed by atoms with Crippen molar-refractivity contribution < 1.29 is 9.47 Å². The predicted octanol–water partition coefficient (Wildman–Crippen LogP) is 3.91. The molecule has 3 rings (SSSR count). The van der Waals surface area contributed by atoms with Crippen LogP contribution in [0.4, 0.5) is 0 Å². The smallest absolute Gasteiger partial charge is 0.218 e. The van der Waals surface area contributed by atoms with E-state index in [0.717, 1.165) is 49.8 Å². The molecule has 29 heavy (non-hydrogen) atoms. The van der Waals surface area contributed by atoms with Gasteiger partial charge in [-0.3, -0.25) is 4.99 Å². The largest absolute Gasteiger partial charge is 0.474 e. The Kier molecular flexibility index (Phi) is 7.76. The fraction of sp³-hybridized carbons (Fsp3) is 0.739. The predicted molar refractivity (Wildman–Crippen MR) is 117 cm³/mol. The Morgan fingerprint density at radius 1 is 1.21 bits per heavy atom. The van der Waals surface area contributed by atoms with Crippen LogP contribution in [0.5, 0.6) is 5.88 Å². The lowest BCUT2D eigenvalue weighted by atomic mass is 9.78. The second-order valence-electron chi connectivity index (χ2n) is 9.36. The molecular weight excluding hydrogens is 364 g/mol. The first-order chi connectivity index (χ1) is 14.0. The molecule has 0 spiro atoms. The van der Waals surface area contributed by atoms with Crippen molar-refractivity contribution in [1.29, 1.82) is 0 Å².